The number of fused-ring (bicyclic) bond motifs is 1. The van der Waals surface area contributed by atoms with Gasteiger partial charge in [-0.15, -0.1) is 0 Å². The molecule has 0 saturated heterocycles. The summed E-state index contributed by atoms with van der Waals surface area (Å²) < 4.78 is 0. The van der Waals surface area contributed by atoms with Crippen molar-refractivity contribution in [2.24, 2.45) is 0 Å². The molecular formula is C21H17N5O2. The molecule has 0 aliphatic rings. The highest BCUT2D eigenvalue weighted by Gasteiger charge is 2.11. The summed E-state index contributed by atoms with van der Waals surface area (Å²) >= 11 is 0. The zero-order valence-electron chi connectivity index (χ0n) is 15.0. The number of para-hydroxylation sites is 2. The Hall–Kier alpha value is -4.00. The SMILES string of the molecule is Cc1nc(Nc2ccccc2C(=O)O)cc(Nc2cccc3cccnc23)n1. The number of pyridine rings is 1. The van der Waals surface area contributed by atoms with Crippen LogP contribution >= 0.6 is 0 Å². The Labute approximate surface area is 161 Å². The van der Waals surface area contributed by atoms with Crippen LogP contribution in [0.3, 0.4) is 0 Å². The van der Waals surface area contributed by atoms with Gasteiger partial charge >= 0.3 is 5.97 Å². The first kappa shape index (κ1) is 17.4. The van der Waals surface area contributed by atoms with Crippen LogP contribution in [0.1, 0.15) is 16.2 Å². The molecule has 0 radical (unpaired) electrons. The van der Waals surface area contributed by atoms with Crippen molar-refractivity contribution in [3.8, 4) is 0 Å². The molecule has 0 atom stereocenters. The zero-order valence-corrected chi connectivity index (χ0v) is 15.0. The van der Waals surface area contributed by atoms with Gasteiger partial charge in [-0.05, 0) is 31.2 Å². The molecule has 4 aromatic rings. The van der Waals surface area contributed by atoms with E-state index in [9.17, 15) is 9.90 Å². The highest BCUT2D eigenvalue weighted by Crippen LogP contribution is 2.26. The molecule has 0 aliphatic heterocycles. The van der Waals surface area contributed by atoms with Crippen LogP contribution in [0.4, 0.5) is 23.0 Å². The summed E-state index contributed by atoms with van der Waals surface area (Å²) in [5.41, 5.74) is 2.30. The van der Waals surface area contributed by atoms with Gasteiger partial charge in [0, 0.05) is 17.6 Å². The molecule has 0 saturated carbocycles. The molecule has 2 aromatic heterocycles. The second-order valence-corrected chi connectivity index (χ2v) is 6.17. The third-order valence-corrected chi connectivity index (χ3v) is 4.15. The van der Waals surface area contributed by atoms with Gasteiger partial charge in [0.1, 0.15) is 17.5 Å². The van der Waals surface area contributed by atoms with Crippen molar-refractivity contribution in [3.05, 3.63) is 78.2 Å². The van der Waals surface area contributed by atoms with Gasteiger partial charge in [-0.3, -0.25) is 4.98 Å². The minimum atomic E-state index is -1.01. The number of aromatic carboxylic acids is 1. The fourth-order valence-electron chi connectivity index (χ4n) is 2.96. The minimum Gasteiger partial charge on any atom is -0.478 e. The van der Waals surface area contributed by atoms with Gasteiger partial charge in [0.05, 0.1) is 22.5 Å². The summed E-state index contributed by atoms with van der Waals surface area (Å²) in [6.45, 7) is 1.78. The average molecular weight is 371 g/mol. The summed E-state index contributed by atoms with van der Waals surface area (Å²) in [6.07, 6.45) is 1.74. The van der Waals surface area contributed by atoms with E-state index in [0.29, 0.717) is 23.1 Å². The van der Waals surface area contributed by atoms with Crippen molar-refractivity contribution in [2.75, 3.05) is 10.6 Å². The van der Waals surface area contributed by atoms with Crippen LogP contribution in [0.2, 0.25) is 0 Å². The topological polar surface area (TPSA) is 100 Å². The summed E-state index contributed by atoms with van der Waals surface area (Å²) in [4.78, 5) is 24.6. The number of aryl methyl sites for hydroxylation is 1. The number of nitrogens with one attached hydrogen (secondary N) is 2. The lowest BCUT2D eigenvalue weighted by molar-refractivity contribution is 0.0698. The third-order valence-electron chi connectivity index (χ3n) is 4.15. The zero-order chi connectivity index (χ0) is 19.5. The molecule has 0 bridgehead atoms. The predicted molar refractivity (Wildman–Crippen MR) is 108 cm³/mol. The number of aromatic nitrogens is 3. The van der Waals surface area contributed by atoms with E-state index in [1.165, 1.54) is 0 Å². The molecule has 0 amide bonds. The monoisotopic (exact) mass is 371 g/mol. The summed E-state index contributed by atoms with van der Waals surface area (Å²) in [6, 6.07) is 18.2. The molecule has 0 spiro atoms. The van der Waals surface area contributed by atoms with Gasteiger partial charge < -0.3 is 15.7 Å². The third kappa shape index (κ3) is 3.59. The van der Waals surface area contributed by atoms with E-state index in [0.717, 1.165) is 16.6 Å². The summed E-state index contributed by atoms with van der Waals surface area (Å²) in [5, 5.41) is 16.7. The summed E-state index contributed by atoms with van der Waals surface area (Å²) in [7, 11) is 0. The molecule has 3 N–H and O–H groups in total. The van der Waals surface area contributed by atoms with Gasteiger partial charge in [0.2, 0.25) is 0 Å². The lowest BCUT2D eigenvalue weighted by Crippen LogP contribution is -2.05. The van der Waals surface area contributed by atoms with E-state index in [1.54, 1.807) is 43.5 Å². The number of carbonyl (C=O) groups is 1. The maximum Gasteiger partial charge on any atom is 0.337 e. The molecule has 2 aromatic carbocycles. The smallest absolute Gasteiger partial charge is 0.337 e. The number of rotatable bonds is 5. The lowest BCUT2D eigenvalue weighted by Gasteiger charge is -2.12. The van der Waals surface area contributed by atoms with Crippen LogP contribution in [0.15, 0.2) is 66.9 Å². The molecule has 4 rings (SSSR count). The number of carboxylic acids is 1. The predicted octanol–water partition coefficient (Wildman–Crippen LogP) is 4.52. The maximum absolute atomic E-state index is 11.4. The second-order valence-electron chi connectivity index (χ2n) is 6.17. The van der Waals surface area contributed by atoms with E-state index in [4.69, 9.17) is 0 Å². The number of anilines is 4. The first-order valence-corrected chi connectivity index (χ1v) is 8.66. The van der Waals surface area contributed by atoms with Crippen LogP contribution in [-0.4, -0.2) is 26.0 Å². The Morgan fingerprint density at radius 1 is 0.893 bits per heavy atom. The molecule has 2 heterocycles. The Bertz CT molecular complexity index is 1170. The number of nitrogens with zero attached hydrogens (tertiary/aromatic N) is 3. The van der Waals surface area contributed by atoms with E-state index in [2.05, 4.69) is 25.6 Å². The summed E-state index contributed by atoms with van der Waals surface area (Å²) in [5.74, 6) is 0.625. The van der Waals surface area contributed by atoms with Gasteiger partial charge in [0.25, 0.3) is 0 Å². The van der Waals surface area contributed by atoms with E-state index < -0.39 is 5.97 Å². The number of hydrogen-bond acceptors (Lipinski definition) is 6. The Kier molecular flexibility index (Phi) is 4.55. The fourth-order valence-corrected chi connectivity index (χ4v) is 2.96. The van der Waals surface area contributed by atoms with Crippen molar-refractivity contribution in [2.45, 2.75) is 6.92 Å². The fraction of sp³-hybridized carbons (Fsp3) is 0.0476. The molecule has 138 valence electrons. The quantitative estimate of drug-likeness (QED) is 0.474. The van der Waals surface area contributed by atoms with Gasteiger partial charge in [-0.1, -0.05) is 30.3 Å². The number of carboxylic acid groups (broad SMARTS) is 1. The highest BCUT2D eigenvalue weighted by molar-refractivity contribution is 5.95. The van der Waals surface area contributed by atoms with Crippen LogP contribution in [0.25, 0.3) is 10.9 Å². The van der Waals surface area contributed by atoms with E-state index >= 15 is 0 Å². The average Bonchev–Trinajstić information content (AvgIpc) is 2.68. The van der Waals surface area contributed by atoms with Crippen LogP contribution in [-0.2, 0) is 0 Å². The second kappa shape index (κ2) is 7.32. The van der Waals surface area contributed by atoms with Crippen molar-refractivity contribution in [1.29, 1.82) is 0 Å². The first-order chi connectivity index (χ1) is 13.6. The highest BCUT2D eigenvalue weighted by atomic mass is 16.4. The number of benzene rings is 2. The Balaban J connectivity index is 1.67. The van der Waals surface area contributed by atoms with Crippen molar-refractivity contribution in [1.82, 2.24) is 15.0 Å². The molecule has 0 fully saturated rings. The maximum atomic E-state index is 11.4. The van der Waals surface area contributed by atoms with E-state index in [1.807, 2.05) is 30.3 Å². The molecule has 0 aliphatic carbocycles. The normalized spacial score (nSPS) is 10.6. The molecule has 7 heteroatoms. The van der Waals surface area contributed by atoms with Crippen LogP contribution in [0, 0.1) is 6.92 Å². The van der Waals surface area contributed by atoms with Gasteiger partial charge in [-0.25, -0.2) is 14.8 Å². The van der Waals surface area contributed by atoms with Crippen molar-refractivity contribution < 1.29 is 9.90 Å². The van der Waals surface area contributed by atoms with Gasteiger partial charge in [0.15, 0.2) is 0 Å². The standard InChI is InChI=1S/C21H17N5O2/c1-13-23-18(25-16-9-3-2-8-15(16)21(27)28)12-19(24-13)26-17-10-4-6-14-7-5-11-22-20(14)17/h2-12H,1H3,(H,27,28)(H2,23,24,25,26). The van der Waals surface area contributed by atoms with Crippen LogP contribution in [0.5, 0.6) is 0 Å². The first-order valence-electron chi connectivity index (χ1n) is 8.66. The molecular weight excluding hydrogens is 354 g/mol. The molecule has 7 nitrogen and oxygen atoms in total. The largest absolute Gasteiger partial charge is 0.478 e. The van der Waals surface area contributed by atoms with Crippen LogP contribution < -0.4 is 10.6 Å². The molecule has 28 heavy (non-hydrogen) atoms. The van der Waals surface area contributed by atoms with E-state index in [-0.39, 0.29) is 5.56 Å². The molecule has 0 unspecified atom stereocenters. The number of hydrogen-bond donors (Lipinski definition) is 3. The lowest BCUT2D eigenvalue weighted by atomic mass is 10.2. The Morgan fingerprint density at radius 3 is 2.36 bits per heavy atom. The Morgan fingerprint density at radius 2 is 1.57 bits per heavy atom. The minimum absolute atomic E-state index is 0.173. The van der Waals surface area contributed by atoms with Gasteiger partial charge in [-0.2, -0.15) is 0 Å². The van der Waals surface area contributed by atoms with Crippen molar-refractivity contribution >= 4 is 39.9 Å². The van der Waals surface area contributed by atoms with Crippen molar-refractivity contribution in [3.63, 3.8) is 0 Å².